The number of benzene rings is 2. The third-order valence-corrected chi connectivity index (χ3v) is 6.82. The number of nitro benzene ring substituents is 1. The van der Waals surface area contributed by atoms with Crippen molar-refractivity contribution >= 4 is 33.2 Å². The zero-order valence-corrected chi connectivity index (χ0v) is 23.4. The van der Waals surface area contributed by atoms with Gasteiger partial charge in [0.25, 0.3) is 5.69 Å². The van der Waals surface area contributed by atoms with Crippen LogP contribution in [0.15, 0.2) is 48.5 Å². The van der Waals surface area contributed by atoms with Crippen LogP contribution < -0.4 is 14.4 Å². The van der Waals surface area contributed by atoms with Gasteiger partial charge in [0.2, 0.25) is 21.8 Å². The van der Waals surface area contributed by atoms with E-state index in [1.54, 1.807) is 6.92 Å². The fraction of sp³-hybridized carbons (Fsp3) is 0.462. The molecule has 0 bridgehead atoms. The van der Waals surface area contributed by atoms with E-state index in [-0.39, 0.29) is 29.6 Å². The first kappa shape index (κ1) is 30.6. The first-order valence-corrected chi connectivity index (χ1v) is 14.0. The Morgan fingerprint density at radius 3 is 2.26 bits per heavy atom. The summed E-state index contributed by atoms with van der Waals surface area (Å²) in [6, 6.07) is 12.0. The van der Waals surface area contributed by atoms with Crippen LogP contribution in [0.5, 0.6) is 5.75 Å². The Labute approximate surface area is 224 Å². The summed E-state index contributed by atoms with van der Waals surface area (Å²) in [5.41, 5.74) is -0.114. The molecule has 12 heteroatoms. The van der Waals surface area contributed by atoms with Crippen molar-refractivity contribution in [1.82, 2.24) is 10.2 Å². The van der Waals surface area contributed by atoms with Gasteiger partial charge in [-0.05, 0) is 45.2 Å². The van der Waals surface area contributed by atoms with E-state index < -0.39 is 39.0 Å². The second-order valence-electron chi connectivity index (χ2n) is 9.87. The molecule has 1 atom stereocenters. The van der Waals surface area contributed by atoms with Gasteiger partial charge < -0.3 is 15.0 Å². The summed E-state index contributed by atoms with van der Waals surface area (Å²) in [7, 11) is -2.79. The standard InChI is InChI=1S/C26H36N4O7S/c1-7-21(25(32)27-26(2,3)4)28(16-15-19-11-9-8-10-12-19)24(31)18-29(38(6,35)36)22-17-20(30(33)34)13-14-23(22)37-5/h8-14,17,21H,7,15-16,18H2,1-6H3,(H,27,32)/t21-/m1/s1. The summed E-state index contributed by atoms with van der Waals surface area (Å²) in [6.45, 7) is 6.73. The van der Waals surface area contributed by atoms with Gasteiger partial charge in [-0.2, -0.15) is 0 Å². The molecule has 0 spiro atoms. The minimum absolute atomic E-state index is 0.0437. The molecule has 0 saturated heterocycles. The Morgan fingerprint density at radius 2 is 1.76 bits per heavy atom. The van der Waals surface area contributed by atoms with Crippen molar-refractivity contribution in [2.24, 2.45) is 0 Å². The number of anilines is 1. The van der Waals surface area contributed by atoms with Crippen molar-refractivity contribution in [3.05, 3.63) is 64.2 Å². The molecule has 0 radical (unpaired) electrons. The normalized spacial score (nSPS) is 12.4. The van der Waals surface area contributed by atoms with E-state index in [9.17, 15) is 28.1 Å². The van der Waals surface area contributed by atoms with Gasteiger partial charge in [-0.25, -0.2) is 8.42 Å². The highest BCUT2D eigenvalue weighted by Crippen LogP contribution is 2.33. The maximum Gasteiger partial charge on any atom is 0.271 e. The van der Waals surface area contributed by atoms with E-state index in [0.29, 0.717) is 12.8 Å². The molecule has 0 heterocycles. The van der Waals surface area contributed by atoms with Crippen LogP contribution in [0.3, 0.4) is 0 Å². The van der Waals surface area contributed by atoms with E-state index in [2.05, 4.69) is 5.32 Å². The van der Waals surface area contributed by atoms with Gasteiger partial charge in [-0.3, -0.25) is 24.0 Å². The minimum Gasteiger partial charge on any atom is -0.495 e. The van der Waals surface area contributed by atoms with Crippen LogP contribution in [0.25, 0.3) is 0 Å². The van der Waals surface area contributed by atoms with Crippen LogP contribution in [0.1, 0.15) is 39.7 Å². The van der Waals surface area contributed by atoms with Crippen molar-refractivity contribution in [2.75, 3.05) is 30.8 Å². The van der Waals surface area contributed by atoms with Gasteiger partial charge in [0.15, 0.2) is 0 Å². The van der Waals surface area contributed by atoms with Crippen LogP contribution >= 0.6 is 0 Å². The Hall–Kier alpha value is -3.67. The molecule has 2 aromatic rings. The monoisotopic (exact) mass is 548 g/mol. The van der Waals surface area contributed by atoms with E-state index in [0.717, 1.165) is 22.2 Å². The molecule has 0 aliphatic carbocycles. The fourth-order valence-corrected chi connectivity index (χ4v) is 4.78. The molecule has 0 unspecified atom stereocenters. The quantitative estimate of drug-likeness (QED) is 0.317. The predicted molar refractivity (Wildman–Crippen MR) is 146 cm³/mol. The second kappa shape index (κ2) is 12.7. The minimum atomic E-state index is -4.09. The second-order valence-corrected chi connectivity index (χ2v) is 11.8. The molecule has 0 aliphatic heterocycles. The molecule has 0 aliphatic rings. The first-order valence-electron chi connectivity index (χ1n) is 12.1. The summed E-state index contributed by atoms with van der Waals surface area (Å²) < 4.78 is 31.7. The summed E-state index contributed by atoms with van der Waals surface area (Å²) in [5, 5.41) is 14.3. The largest absolute Gasteiger partial charge is 0.495 e. The number of non-ortho nitro benzene ring substituents is 1. The lowest BCUT2D eigenvalue weighted by Crippen LogP contribution is -2.56. The summed E-state index contributed by atoms with van der Waals surface area (Å²) in [6.07, 6.45) is 1.63. The topological polar surface area (TPSA) is 139 Å². The number of nitrogens with zero attached hydrogens (tertiary/aromatic N) is 3. The lowest BCUT2D eigenvalue weighted by molar-refractivity contribution is -0.384. The summed E-state index contributed by atoms with van der Waals surface area (Å²) in [4.78, 5) is 39.0. The number of rotatable bonds is 12. The molecule has 2 rings (SSSR count). The average molecular weight is 549 g/mol. The van der Waals surface area contributed by atoms with Crippen LogP contribution in [0.4, 0.5) is 11.4 Å². The van der Waals surface area contributed by atoms with E-state index in [1.165, 1.54) is 24.1 Å². The molecule has 0 aromatic heterocycles. The van der Waals surface area contributed by atoms with Crippen molar-refractivity contribution in [3.63, 3.8) is 0 Å². The van der Waals surface area contributed by atoms with Gasteiger partial charge in [-0.15, -0.1) is 0 Å². The first-order chi connectivity index (χ1) is 17.7. The Balaban J connectivity index is 2.51. The Bertz CT molecular complexity index is 1240. The fourth-order valence-electron chi connectivity index (χ4n) is 3.93. The predicted octanol–water partition coefficient (Wildman–Crippen LogP) is 3.13. The number of sulfonamides is 1. The van der Waals surface area contributed by atoms with Crippen LogP contribution in [-0.4, -0.2) is 68.1 Å². The van der Waals surface area contributed by atoms with E-state index in [1.807, 2.05) is 51.1 Å². The number of amides is 2. The number of nitro groups is 1. The molecule has 11 nitrogen and oxygen atoms in total. The molecule has 2 aromatic carbocycles. The van der Waals surface area contributed by atoms with E-state index >= 15 is 0 Å². The maximum absolute atomic E-state index is 13.7. The smallest absolute Gasteiger partial charge is 0.271 e. The summed E-state index contributed by atoms with van der Waals surface area (Å²) in [5.74, 6) is -0.946. The number of hydrogen-bond donors (Lipinski definition) is 1. The summed E-state index contributed by atoms with van der Waals surface area (Å²) >= 11 is 0. The van der Waals surface area contributed by atoms with Crippen molar-refractivity contribution in [3.8, 4) is 5.75 Å². The molecule has 0 fully saturated rings. The zero-order chi connectivity index (χ0) is 28.7. The molecule has 208 valence electrons. The van der Waals surface area contributed by atoms with Gasteiger partial charge in [0, 0.05) is 24.2 Å². The van der Waals surface area contributed by atoms with E-state index in [4.69, 9.17) is 4.74 Å². The van der Waals surface area contributed by atoms with Crippen LogP contribution in [0, 0.1) is 10.1 Å². The highest BCUT2D eigenvalue weighted by Gasteiger charge is 2.34. The number of nitrogens with one attached hydrogen (secondary N) is 1. The lowest BCUT2D eigenvalue weighted by Gasteiger charge is -2.34. The SMILES string of the molecule is CC[C@H](C(=O)NC(C)(C)C)N(CCc1ccccc1)C(=O)CN(c1cc([N+](=O)[O-])ccc1OC)S(C)(=O)=O. The highest BCUT2D eigenvalue weighted by molar-refractivity contribution is 7.92. The molecule has 2 amide bonds. The average Bonchev–Trinajstić information content (AvgIpc) is 2.83. The molecule has 1 N–H and O–H groups in total. The van der Waals surface area contributed by atoms with Gasteiger partial charge in [0.05, 0.1) is 18.3 Å². The third-order valence-electron chi connectivity index (χ3n) is 5.69. The van der Waals surface area contributed by atoms with Crippen molar-refractivity contribution in [2.45, 2.75) is 52.1 Å². The molecular weight excluding hydrogens is 512 g/mol. The highest BCUT2D eigenvalue weighted by atomic mass is 32.2. The Kier molecular flexibility index (Phi) is 10.2. The van der Waals surface area contributed by atoms with Gasteiger partial charge >= 0.3 is 0 Å². The van der Waals surface area contributed by atoms with Gasteiger partial charge in [0.1, 0.15) is 24.0 Å². The number of methoxy groups -OCH3 is 1. The number of carbonyl (C=O) groups is 2. The van der Waals surface area contributed by atoms with Crippen molar-refractivity contribution < 1.29 is 27.7 Å². The van der Waals surface area contributed by atoms with Gasteiger partial charge in [-0.1, -0.05) is 37.3 Å². The van der Waals surface area contributed by atoms with Crippen molar-refractivity contribution in [1.29, 1.82) is 0 Å². The molecular formula is C26H36N4O7S. The molecule has 0 saturated carbocycles. The third kappa shape index (κ3) is 8.44. The zero-order valence-electron chi connectivity index (χ0n) is 22.6. The number of carbonyl (C=O) groups excluding carboxylic acids is 2. The molecule has 38 heavy (non-hydrogen) atoms. The van der Waals surface area contributed by atoms with Crippen LogP contribution in [0.2, 0.25) is 0 Å². The number of hydrogen-bond acceptors (Lipinski definition) is 7. The lowest BCUT2D eigenvalue weighted by atomic mass is 10.1. The maximum atomic E-state index is 13.7. The number of ether oxygens (including phenoxy) is 1. The van der Waals surface area contributed by atoms with Crippen LogP contribution in [-0.2, 0) is 26.0 Å². The Morgan fingerprint density at radius 1 is 1.13 bits per heavy atom.